The lowest BCUT2D eigenvalue weighted by Gasteiger charge is -2.19. The summed E-state index contributed by atoms with van der Waals surface area (Å²) in [5.74, 6) is 0.881. The van der Waals surface area contributed by atoms with Gasteiger partial charge in [-0.1, -0.05) is 15.9 Å². The first-order valence-corrected chi connectivity index (χ1v) is 9.58. The van der Waals surface area contributed by atoms with Crippen molar-refractivity contribution in [3.8, 4) is 11.5 Å². The Morgan fingerprint density at radius 1 is 1.17 bits per heavy atom. The first kappa shape index (κ1) is 16.7. The van der Waals surface area contributed by atoms with E-state index in [0.29, 0.717) is 30.3 Å². The van der Waals surface area contributed by atoms with Crippen LogP contribution in [-0.4, -0.2) is 37.7 Å². The number of rotatable bonds is 5. The molecule has 2 aromatic rings. The van der Waals surface area contributed by atoms with Crippen LogP contribution < -0.4 is 14.2 Å². The van der Waals surface area contributed by atoms with E-state index in [2.05, 4.69) is 25.6 Å². The van der Waals surface area contributed by atoms with Crippen LogP contribution in [0.25, 0.3) is 0 Å². The molecule has 9 heteroatoms. The molecule has 1 aliphatic rings. The van der Waals surface area contributed by atoms with Crippen molar-refractivity contribution in [2.24, 2.45) is 0 Å². The number of pyridine rings is 1. The number of sulfonamides is 1. The minimum Gasteiger partial charge on any atom is -0.486 e. The van der Waals surface area contributed by atoms with E-state index >= 15 is 0 Å². The molecule has 0 saturated heterocycles. The number of alkyl halides is 1. The van der Waals surface area contributed by atoms with Crippen LogP contribution in [-0.2, 0) is 10.0 Å². The van der Waals surface area contributed by atoms with Crippen molar-refractivity contribution >= 4 is 37.6 Å². The average Bonchev–Trinajstić information content (AvgIpc) is 2.61. The topological polar surface area (TPSA) is 94.6 Å². The van der Waals surface area contributed by atoms with Crippen LogP contribution in [0, 0.1) is 0 Å². The van der Waals surface area contributed by atoms with Crippen molar-refractivity contribution in [3.05, 3.63) is 42.1 Å². The number of ether oxygens (including phenoxy) is 2. The van der Waals surface area contributed by atoms with Gasteiger partial charge in [0.1, 0.15) is 19.0 Å². The minimum absolute atomic E-state index is 0.0363. The lowest BCUT2D eigenvalue weighted by molar-refractivity contribution is 0.102. The third-order valence-electron chi connectivity index (χ3n) is 3.27. The SMILES string of the molecule is O=C(CBr)c1ccc(NS(=O)(=O)c2ccc3c(c2)OCCO3)nc1. The van der Waals surface area contributed by atoms with Crippen molar-refractivity contribution < 1.29 is 22.7 Å². The number of hydrogen-bond donors (Lipinski definition) is 1. The smallest absolute Gasteiger partial charge is 0.263 e. The number of aromatic nitrogens is 1. The van der Waals surface area contributed by atoms with Crippen molar-refractivity contribution in [3.63, 3.8) is 0 Å². The maximum absolute atomic E-state index is 12.4. The van der Waals surface area contributed by atoms with E-state index in [0.717, 1.165) is 0 Å². The molecule has 0 saturated carbocycles. The lowest BCUT2D eigenvalue weighted by Crippen LogP contribution is -2.17. The van der Waals surface area contributed by atoms with Gasteiger partial charge in [0.25, 0.3) is 10.0 Å². The fourth-order valence-electron chi connectivity index (χ4n) is 2.08. The number of anilines is 1. The van der Waals surface area contributed by atoms with Crippen molar-refractivity contribution in [2.45, 2.75) is 4.90 Å². The first-order valence-electron chi connectivity index (χ1n) is 6.97. The van der Waals surface area contributed by atoms with Crippen LogP contribution in [0.4, 0.5) is 5.82 Å². The molecule has 0 amide bonds. The number of carbonyl (C=O) groups excluding carboxylic acids is 1. The third-order valence-corrected chi connectivity index (χ3v) is 5.13. The fraction of sp³-hybridized carbons (Fsp3) is 0.200. The maximum atomic E-state index is 12.4. The zero-order chi connectivity index (χ0) is 17.2. The highest BCUT2D eigenvalue weighted by Gasteiger charge is 2.20. The normalized spacial score (nSPS) is 13.4. The molecular formula is C15H13BrN2O5S. The first-order chi connectivity index (χ1) is 11.5. The van der Waals surface area contributed by atoms with E-state index in [1.165, 1.54) is 30.5 Å². The molecule has 0 spiro atoms. The van der Waals surface area contributed by atoms with E-state index in [4.69, 9.17) is 9.47 Å². The summed E-state index contributed by atoms with van der Waals surface area (Å²) < 4.78 is 38.0. The van der Waals surface area contributed by atoms with Gasteiger partial charge in [0.05, 0.1) is 10.2 Å². The highest BCUT2D eigenvalue weighted by Crippen LogP contribution is 2.32. The number of halogens is 1. The maximum Gasteiger partial charge on any atom is 0.263 e. The minimum atomic E-state index is -3.83. The number of nitrogens with one attached hydrogen (secondary N) is 1. The van der Waals surface area contributed by atoms with Gasteiger partial charge in [0.15, 0.2) is 17.3 Å². The Morgan fingerprint density at radius 3 is 2.58 bits per heavy atom. The lowest BCUT2D eigenvalue weighted by atomic mass is 10.2. The second kappa shape index (κ2) is 6.78. The van der Waals surface area contributed by atoms with Crippen LogP contribution in [0.15, 0.2) is 41.4 Å². The second-order valence-corrected chi connectivity index (χ2v) is 7.14. The fourth-order valence-corrected chi connectivity index (χ4v) is 3.43. The van der Waals surface area contributed by atoms with Gasteiger partial charge in [-0.3, -0.25) is 9.52 Å². The van der Waals surface area contributed by atoms with Gasteiger partial charge in [0.2, 0.25) is 0 Å². The highest BCUT2D eigenvalue weighted by atomic mass is 79.9. The Labute approximate surface area is 147 Å². The Bertz CT molecular complexity index is 868. The number of ketones is 1. The summed E-state index contributed by atoms with van der Waals surface area (Å²) in [6.07, 6.45) is 1.32. The number of hydrogen-bond acceptors (Lipinski definition) is 6. The number of fused-ring (bicyclic) bond motifs is 1. The molecule has 1 aromatic heterocycles. The summed E-state index contributed by atoms with van der Waals surface area (Å²) >= 11 is 3.07. The third kappa shape index (κ3) is 3.51. The predicted octanol–water partition coefficient (Wildman–Crippen LogP) is 2.23. The van der Waals surface area contributed by atoms with Crippen molar-refractivity contribution in [1.82, 2.24) is 4.98 Å². The summed E-state index contributed by atoms with van der Waals surface area (Å²) in [7, 11) is -3.83. The average molecular weight is 413 g/mol. The number of nitrogens with zero attached hydrogens (tertiary/aromatic N) is 1. The summed E-state index contributed by atoms with van der Waals surface area (Å²) in [4.78, 5) is 15.5. The molecule has 126 valence electrons. The van der Waals surface area contributed by atoms with Gasteiger partial charge >= 0.3 is 0 Å². The molecule has 3 rings (SSSR count). The molecule has 24 heavy (non-hydrogen) atoms. The Morgan fingerprint density at radius 2 is 1.92 bits per heavy atom. The summed E-state index contributed by atoms with van der Waals surface area (Å²) in [6.45, 7) is 0.801. The van der Waals surface area contributed by atoms with Gasteiger partial charge in [-0.05, 0) is 24.3 Å². The molecule has 0 atom stereocenters. The van der Waals surface area contributed by atoms with Gasteiger partial charge in [0, 0.05) is 17.8 Å². The molecule has 0 unspecified atom stereocenters. The highest BCUT2D eigenvalue weighted by molar-refractivity contribution is 9.09. The van der Waals surface area contributed by atoms with Crippen LogP contribution in [0.3, 0.4) is 0 Å². The molecule has 2 heterocycles. The van der Waals surface area contributed by atoms with Crippen LogP contribution in [0.5, 0.6) is 11.5 Å². The standard InChI is InChI=1S/C15H13BrN2O5S/c16-8-12(19)10-1-4-15(17-9-10)18-24(20,21)11-2-3-13-14(7-11)23-6-5-22-13/h1-4,7,9H,5-6,8H2,(H,17,18). The van der Waals surface area contributed by atoms with Crippen molar-refractivity contribution in [2.75, 3.05) is 23.3 Å². The van der Waals surface area contributed by atoms with Crippen LogP contribution in [0.2, 0.25) is 0 Å². The Kier molecular flexibility index (Phi) is 4.72. The Balaban J connectivity index is 1.82. The van der Waals surface area contributed by atoms with Gasteiger partial charge in [-0.25, -0.2) is 13.4 Å². The zero-order valence-electron chi connectivity index (χ0n) is 12.4. The summed E-state index contributed by atoms with van der Waals surface area (Å²) in [5, 5.41) is 0.178. The molecule has 1 aliphatic heterocycles. The van der Waals surface area contributed by atoms with E-state index in [9.17, 15) is 13.2 Å². The molecule has 1 aromatic carbocycles. The van der Waals surface area contributed by atoms with Gasteiger partial charge < -0.3 is 9.47 Å². The van der Waals surface area contributed by atoms with E-state index in [1.807, 2.05) is 0 Å². The number of Topliss-reactive ketones (excluding diaryl/α,β-unsaturated/α-hetero) is 1. The number of benzene rings is 1. The molecule has 0 aliphatic carbocycles. The van der Waals surface area contributed by atoms with Gasteiger partial charge in [-0.15, -0.1) is 0 Å². The zero-order valence-corrected chi connectivity index (χ0v) is 14.8. The van der Waals surface area contributed by atoms with Gasteiger partial charge in [-0.2, -0.15) is 0 Å². The molecule has 1 N–H and O–H groups in total. The molecule has 0 radical (unpaired) electrons. The molecule has 7 nitrogen and oxygen atoms in total. The number of carbonyl (C=O) groups is 1. The second-order valence-electron chi connectivity index (χ2n) is 4.90. The van der Waals surface area contributed by atoms with E-state index in [1.54, 1.807) is 6.07 Å². The molecule has 0 fully saturated rings. The Hall–Kier alpha value is -2.13. The summed E-state index contributed by atoms with van der Waals surface area (Å²) in [6, 6.07) is 7.33. The quantitative estimate of drug-likeness (QED) is 0.597. The van der Waals surface area contributed by atoms with Crippen LogP contribution >= 0.6 is 15.9 Å². The predicted molar refractivity (Wildman–Crippen MR) is 90.6 cm³/mol. The largest absolute Gasteiger partial charge is 0.486 e. The summed E-state index contributed by atoms with van der Waals surface area (Å²) in [5.41, 5.74) is 0.397. The molecular weight excluding hydrogens is 400 g/mol. The van der Waals surface area contributed by atoms with E-state index < -0.39 is 10.0 Å². The van der Waals surface area contributed by atoms with Crippen molar-refractivity contribution in [1.29, 1.82) is 0 Å². The van der Waals surface area contributed by atoms with Crippen LogP contribution in [0.1, 0.15) is 10.4 Å². The monoisotopic (exact) mass is 412 g/mol. The molecule has 0 bridgehead atoms. The van der Waals surface area contributed by atoms with E-state index in [-0.39, 0.29) is 21.8 Å².